The fraction of sp³-hybridized carbons (Fsp3) is 0.222. The molecule has 0 atom stereocenters. The summed E-state index contributed by atoms with van der Waals surface area (Å²) in [5.41, 5.74) is 1.81. The largest absolute Gasteiger partial charge is 0.249 e. The van der Waals surface area contributed by atoms with Gasteiger partial charge in [-0.05, 0) is 40.0 Å². The maximum Gasteiger partial charge on any atom is 0.233 e. The Kier molecular flexibility index (Phi) is 4.01. The highest BCUT2D eigenvalue weighted by molar-refractivity contribution is 9.10. The van der Waals surface area contributed by atoms with E-state index >= 15 is 0 Å². The highest BCUT2D eigenvalue weighted by Gasteiger charge is 2.05. The molecule has 0 aliphatic carbocycles. The van der Waals surface area contributed by atoms with Crippen molar-refractivity contribution in [3.8, 4) is 0 Å². The Bertz CT molecular complexity index is 471. The minimum Gasteiger partial charge on any atom is -0.249 e. The normalized spacial score (nSPS) is 11.3. The quantitative estimate of drug-likeness (QED) is 0.859. The van der Waals surface area contributed by atoms with Gasteiger partial charge in [0.15, 0.2) is 0 Å². The Morgan fingerprint density at radius 2 is 2.33 bits per heavy atom. The average Bonchev–Trinajstić information content (AvgIpc) is 2.16. The molecule has 1 heterocycles. The van der Waals surface area contributed by atoms with Gasteiger partial charge in [0.2, 0.25) is 10.0 Å². The van der Waals surface area contributed by atoms with E-state index in [1.165, 1.54) is 0 Å². The summed E-state index contributed by atoms with van der Waals surface area (Å²) < 4.78 is 25.3. The van der Waals surface area contributed by atoms with Crippen molar-refractivity contribution in [2.75, 3.05) is 0 Å². The molecule has 0 bridgehead atoms. The van der Waals surface area contributed by atoms with Crippen molar-refractivity contribution in [2.45, 2.75) is 13.5 Å². The molecule has 6 heteroatoms. The maximum absolute atomic E-state index is 11.1. The van der Waals surface area contributed by atoms with Gasteiger partial charge in [0.25, 0.3) is 0 Å². The molecular weight excluding hydrogens is 280 g/mol. The minimum absolute atomic E-state index is 0.223. The third-order valence-corrected chi connectivity index (χ3v) is 3.29. The van der Waals surface area contributed by atoms with Crippen LogP contribution < -0.4 is 4.72 Å². The van der Waals surface area contributed by atoms with Gasteiger partial charge >= 0.3 is 0 Å². The van der Waals surface area contributed by atoms with Gasteiger partial charge in [-0.25, -0.2) is 18.1 Å². The number of pyridine rings is 1. The molecule has 0 saturated carbocycles. The van der Waals surface area contributed by atoms with E-state index in [1.54, 1.807) is 6.20 Å². The highest BCUT2D eigenvalue weighted by Crippen LogP contribution is 2.12. The molecule has 0 unspecified atom stereocenters. The number of hydrogen-bond acceptors (Lipinski definition) is 3. The molecule has 0 amide bonds. The summed E-state index contributed by atoms with van der Waals surface area (Å²) in [6.07, 6.45) is 1.63. The van der Waals surface area contributed by atoms with Crippen LogP contribution in [0.2, 0.25) is 0 Å². The first kappa shape index (κ1) is 12.4. The molecule has 1 rings (SSSR count). The lowest BCUT2D eigenvalue weighted by Gasteiger charge is -2.06. The summed E-state index contributed by atoms with van der Waals surface area (Å²) in [4.78, 5) is 4.02. The van der Waals surface area contributed by atoms with E-state index < -0.39 is 10.0 Å². The SMILES string of the molecule is C=CS(=O)(=O)NCc1cnc(Br)cc1C. The third-order valence-electron chi connectivity index (χ3n) is 1.87. The van der Waals surface area contributed by atoms with Crippen LogP contribution in [-0.4, -0.2) is 13.4 Å². The van der Waals surface area contributed by atoms with Gasteiger partial charge < -0.3 is 0 Å². The summed E-state index contributed by atoms with van der Waals surface area (Å²) in [6, 6.07) is 1.83. The molecule has 1 N–H and O–H groups in total. The van der Waals surface area contributed by atoms with Gasteiger partial charge in [0.05, 0.1) is 0 Å². The second kappa shape index (κ2) is 4.87. The zero-order valence-corrected chi connectivity index (χ0v) is 10.6. The number of hydrogen-bond donors (Lipinski definition) is 1. The molecule has 0 aliphatic heterocycles. The Morgan fingerprint density at radius 1 is 1.67 bits per heavy atom. The molecule has 0 saturated heterocycles. The first-order valence-corrected chi connectivity index (χ1v) is 6.51. The standard InChI is InChI=1S/C9H11BrN2O2S/c1-3-15(13,14)12-6-8-5-11-9(10)4-7(8)2/h3-5,12H,1,6H2,2H3. The Hall–Kier alpha value is -0.720. The van der Waals surface area contributed by atoms with Crippen LogP contribution in [0.5, 0.6) is 0 Å². The second-order valence-electron chi connectivity index (χ2n) is 2.97. The topological polar surface area (TPSA) is 59.1 Å². The number of aromatic nitrogens is 1. The van der Waals surface area contributed by atoms with Crippen LogP contribution >= 0.6 is 15.9 Å². The summed E-state index contributed by atoms with van der Waals surface area (Å²) in [6.45, 7) is 5.32. The lowest BCUT2D eigenvalue weighted by Crippen LogP contribution is -2.20. The van der Waals surface area contributed by atoms with Crippen LogP contribution in [-0.2, 0) is 16.6 Å². The molecule has 1 aromatic rings. The van der Waals surface area contributed by atoms with Crippen molar-refractivity contribution >= 4 is 26.0 Å². The number of rotatable bonds is 4. The van der Waals surface area contributed by atoms with Crippen molar-refractivity contribution in [1.29, 1.82) is 0 Å². The zero-order chi connectivity index (χ0) is 11.5. The van der Waals surface area contributed by atoms with Gasteiger partial charge in [-0.15, -0.1) is 0 Å². The van der Waals surface area contributed by atoms with Crippen molar-refractivity contribution in [1.82, 2.24) is 9.71 Å². The van der Waals surface area contributed by atoms with Crippen LogP contribution in [0.3, 0.4) is 0 Å². The molecule has 1 aromatic heterocycles. The molecule has 4 nitrogen and oxygen atoms in total. The van der Waals surface area contributed by atoms with Crippen LogP contribution in [0.25, 0.3) is 0 Å². The Morgan fingerprint density at radius 3 is 2.87 bits per heavy atom. The highest BCUT2D eigenvalue weighted by atomic mass is 79.9. The molecular formula is C9H11BrN2O2S. The lowest BCUT2D eigenvalue weighted by atomic mass is 10.2. The van der Waals surface area contributed by atoms with Gasteiger partial charge in [-0.3, -0.25) is 0 Å². The van der Waals surface area contributed by atoms with E-state index in [-0.39, 0.29) is 6.54 Å². The predicted molar refractivity (Wildman–Crippen MR) is 62.6 cm³/mol. The monoisotopic (exact) mass is 290 g/mol. The second-order valence-corrected chi connectivity index (χ2v) is 5.49. The summed E-state index contributed by atoms with van der Waals surface area (Å²) in [7, 11) is -3.37. The Balaban J connectivity index is 2.79. The van der Waals surface area contributed by atoms with E-state index in [9.17, 15) is 8.42 Å². The van der Waals surface area contributed by atoms with E-state index in [1.807, 2.05) is 13.0 Å². The van der Waals surface area contributed by atoms with E-state index in [2.05, 4.69) is 32.2 Å². The summed E-state index contributed by atoms with van der Waals surface area (Å²) in [5, 5.41) is 0.884. The van der Waals surface area contributed by atoms with Crippen LogP contribution in [0.1, 0.15) is 11.1 Å². The summed E-state index contributed by atoms with van der Waals surface area (Å²) in [5.74, 6) is 0. The number of sulfonamides is 1. The van der Waals surface area contributed by atoms with Crippen molar-refractivity contribution in [3.05, 3.63) is 40.0 Å². The molecule has 15 heavy (non-hydrogen) atoms. The predicted octanol–water partition coefficient (Wildman–Crippen LogP) is 1.72. The first-order valence-electron chi connectivity index (χ1n) is 4.18. The van der Waals surface area contributed by atoms with Gasteiger partial charge in [-0.1, -0.05) is 6.58 Å². The number of halogens is 1. The van der Waals surface area contributed by atoms with Gasteiger partial charge in [-0.2, -0.15) is 0 Å². The van der Waals surface area contributed by atoms with Crippen LogP contribution in [0.15, 0.2) is 28.9 Å². The number of nitrogens with zero attached hydrogens (tertiary/aromatic N) is 1. The molecule has 0 radical (unpaired) electrons. The van der Waals surface area contributed by atoms with Gasteiger partial charge in [0, 0.05) is 18.1 Å². The molecule has 0 fully saturated rings. The fourth-order valence-electron chi connectivity index (χ4n) is 0.972. The fourth-order valence-corrected chi connectivity index (χ4v) is 1.89. The van der Waals surface area contributed by atoms with E-state index in [0.717, 1.165) is 21.1 Å². The van der Waals surface area contributed by atoms with E-state index in [0.29, 0.717) is 0 Å². The van der Waals surface area contributed by atoms with Crippen LogP contribution in [0.4, 0.5) is 0 Å². The number of aryl methyl sites for hydroxylation is 1. The smallest absolute Gasteiger partial charge is 0.233 e. The molecule has 0 aromatic carbocycles. The minimum atomic E-state index is -3.37. The van der Waals surface area contributed by atoms with Gasteiger partial charge in [0.1, 0.15) is 4.60 Å². The lowest BCUT2D eigenvalue weighted by molar-refractivity contribution is 0.590. The Labute approximate surface area is 97.6 Å². The average molecular weight is 291 g/mol. The molecule has 0 spiro atoms. The first-order chi connectivity index (χ1) is 6.94. The molecule has 0 aliphatic rings. The maximum atomic E-state index is 11.1. The third kappa shape index (κ3) is 3.73. The van der Waals surface area contributed by atoms with Crippen LogP contribution in [0, 0.1) is 6.92 Å². The zero-order valence-electron chi connectivity index (χ0n) is 8.20. The van der Waals surface area contributed by atoms with Crippen molar-refractivity contribution < 1.29 is 8.42 Å². The van der Waals surface area contributed by atoms with Crippen molar-refractivity contribution in [3.63, 3.8) is 0 Å². The van der Waals surface area contributed by atoms with Crippen molar-refractivity contribution in [2.24, 2.45) is 0 Å². The number of nitrogens with one attached hydrogen (secondary N) is 1. The molecule has 82 valence electrons. The summed E-state index contributed by atoms with van der Waals surface area (Å²) >= 11 is 3.23. The van der Waals surface area contributed by atoms with E-state index in [4.69, 9.17) is 0 Å².